The van der Waals surface area contributed by atoms with E-state index in [9.17, 15) is 13.2 Å². The molecule has 8 heteroatoms. The minimum atomic E-state index is -3.46. The summed E-state index contributed by atoms with van der Waals surface area (Å²) in [5.74, 6) is -0.227. The largest absolute Gasteiger partial charge is 0.352 e. The van der Waals surface area contributed by atoms with Crippen molar-refractivity contribution in [3.8, 4) is 0 Å². The summed E-state index contributed by atoms with van der Waals surface area (Å²) in [7, 11) is -3.46. The number of carbonyl (C=O) groups is 1. The Morgan fingerprint density at radius 3 is 2.52 bits per heavy atom. The smallest absolute Gasteiger partial charge is 0.251 e. The summed E-state index contributed by atoms with van der Waals surface area (Å²) in [5.41, 5.74) is 3.35. The Morgan fingerprint density at radius 1 is 1.10 bits per heavy atom. The Balaban J connectivity index is 1.36. The molecule has 0 spiro atoms. The van der Waals surface area contributed by atoms with Crippen LogP contribution >= 0.6 is 0 Å². The van der Waals surface area contributed by atoms with Crippen LogP contribution in [0.25, 0.3) is 5.65 Å². The number of nitrogens with zero attached hydrogens (tertiary/aromatic N) is 3. The van der Waals surface area contributed by atoms with E-state index in [0.29, 0.717) is 31.6 Å². The molecule has 0 atom stereocenters. The number of aryl methyl sites for hydroxylation is 1. The summed E-state index contributed by atoms with van der Waals surface area (Å²) >= 11 is 0. The van der Waals surface area contributed by atoms with Gasteiger partial charge in [-0.2, -0.15) is 4.31 Å². The van der Waals surface area contributed by atoms with Crippen molar-refractivity contribution in [2.75, 3.05) is 19.6 Å². The van der Waals surface area contributed by atoms with E-state index in [1.54, 1.807) is 12.1 Å². The number of rotatable bonds is 6. The molecule has 4 rings (SSSR count). The zero-order valence-corrected chi connectivity index (χ0v) is 17.2. The molecule has 0 saturated carbocycles. The predicted octanol–water partition coefficient (Wildman–Crippen LogP) is 2.40. The van der Waals surface area contributed by atoms with Crippen LogP contribution < -0.4 is 5.32 Å². The van der Waals surface area contributed by atoms with Crippen molar-refractivity contribution in [2.24, 2.45) is 0 Å². The molecule has 3 aromatic rings. The Morgan fingerprint density at radius 2 is 1.83 bits per heavy atom. The number of sulfonamides is 1. The summed E-state index contributed by atoms with van der Waals surface area (Å²) in [5, 5.41) is 2.87. The van der Waals surface area contributed by atoms with Crippen LogP contribution in [0.5, 0.6) is 0 Å². The highest BCUT2D eigenvalue weighted by atomic mass is 32.2. The summed E-state index contributed by atoms with van der Waals surface area (Å²) in [6.45, 7) is 3.60. The van der Waals surface area contributed by atoms with E-state index < -0.39 is 10.0 Å². The van der Waals surface area contributed by atoms with Gasteiger partial charge in [0.25, 0.3) is 5.91 Å². The van der Waals surface area contributed by atoms with Crippen LogP contribution in [0.3, 0.4) is 0 Å². The number of pyridine rings is 1. The predicted molar refractivity (Wildman–Crippen MR) is 110 cm³/mol. The van der Waals surface area contributed by atoms with Crippen LogP contribution in [0.15, 0.2) is 53.6 Å². The lowest BCUT2D eigenvalue weighted by molar-refractivity contribution is 0.0954. The summed E-state index contributed by atoms with van der Waals surface area (Å²) < 4.78 is 28.6. The Hall–Kier alpha value is -2.71. The fourth-order valence-corrected chi connectivity index (χ4v) is 5.10. The van der Waals surface area contributed by atoms with Gasteiger partial charge in [0.15, 0.2) is 0 Å². The van der Waals surface area contributed by atoms with Gasteiger partial charge < -0.3 is 9.72 Å². The average molecular weight is 413 g/mol. The third-order valence-corrected chi connectivity index (χ3v) is 7.14. The van der Waals surface area contributed by atoms with Crippen LogP contribution in [0.2, 0.25) is 0 Å². The van der Waals surface area contributed by atoms with Gasteiger partial charge >= 0.3 is 0 Å². The number of hydrogen-bond acceptors (Lipinski definition) is 4. The monoisotopic (exact) mass is 412 g/mol. The first-order valence-electron chi connectivity index (χ1n) is 9.77. The van der Waals surface area contributed by atoms with Crippen LogP contribution in [0.4, 0.5) is 0 Å². The SMILES string of the molecule is Cc1cccc2nc(CCNC(=O)c3ccc(S(=O)(=O)N4CCCC4)cc3)cn12. The van der Waals surface area contributed by atoms with Crippen molar-refractivity contribution in [3.05, 3.63) is 65.6 Å². The van der Waals surface area contributed by atoms with Gasteiger partial charge in [0.05, 0.1) is 10.6 Å². The topological polar surface area (TPSA) is 83.8 Å². The van der Waals surface area contributed by atoms with Gasteiger partial charge in [-0.3, -0.25) is 4.79 Å². The molecule has 152 valence electrons. The van der Waals surface area contributed by atoms with E-state index in [-0.39, 0.29) is 10.8 Å². The Labute approximate surface area is 170 Å². The minimum Gasteiger partial charge on any atom is -0.352 e. The molecule has 0 bridgehead atoms. The van der Waals surface area contributed by atoms with Gasteiger partial charge in [0.2, 0.25) is 10.0 Å². The zero-order valence-electron chi connectivity index (χ0n) is 16.3. The molecular formula is C21H24N4O3S. The summed E-state index contributed by atoms with van der Waals surface area (Å²) in [4.78, 5) is 17.2. The molecule has 1 fully saturated rings. The first-order chi connectivity index (χ1) is 13.9. The first-order valence-corrected chi connectivity index (χ1v) is 11.2. The van der Waals surface area contributed by atoms with Crippen molar-refractivity contribution < 1.29 is 13.2 Å². The maximum Gasteiger partial charge on any atom is 0.251 e. The number of aromatic nitrogens is 2. The van der Waals surface area contributed by atoms with Crippen molar-refractivity contribution in [1.29, 1.82) is 0 Å². The highest BCUT2D eigenvalue weighted by Crippen LogP contribution is 2.21. The molecule has 0 radical (unpaired) electrons. The van der Waals surface area contributed by atoms with Crippen LogP contribution in [-0.4, -0.2) is 47.6 Å². The lowest BCUT2D eigenvalue weighted by Gasteiger charge is -2.15. The lowest BCUT2D eigenvalue weighted by atomic mass is 10.2. The van der Waals surface area contributed by atoms with E-state index in [0.717, 1.165) is 29.9 Å². The molecule has 3 heterocycles. The van der Waals surface area contributed by atoms with Crippen LogP contribution in [0, 0.1) is 6.92 Å². The van der Waals surface area contributed by atoms with Crippen molar-refractivity contribution in [2.45, 2.75) is 31.1 Å². The maximum atomic E-state index is 12.6. The molecular weight excluding hydrogens is 388 g/mol. The summed E-state index contributed by atoms with van der Waals surface area (Å²) in [6, 6.07) is 12.1. The third-order valence-electron chi connectivity index (χ3n) is 5.23. The first kappa shape index (κ1) is 19.6. The molecule has 1 aliphatic rings. The van der Waals surface area contributed by atoms with Gasteiger partial charge in [0.1, 0.15) is 5.65 Å². The van der Waals surface area contributed by atoms with Crippen LogP contribution in [-0.2, 0) is 16.4 Å². The van der Waals surface area contributed by atoms with E-state index in [1.807, 2.05) is 35.7 Å². The quantitative estimate of drug-likeness (QED) is 0.674. The molecule has 1 amide bonds. The number of nitrogens with one attached hydrogen (secondary N) is 1. The number of carbonyl (C=O) groups excluding carboxylic acids is 1. The normalized spacial score (nSPS) is 15.1. The van der Waals surface area contributed by atoms with Gasteiger partial charge in [-0.1, -0.05) is 6.07 Å². The van der Waals surface area contributed by atoms with E-state index in [1.165, 1.54) is 16.4 Å². The Bertz CT molecular complexity index is 1130. The molecule has 1 aromatic carbocycles. The average Bonchev–Trinajstić information content (AvgIpc) is 3.39. The zero-order chi connectivity index (χ0) is 20.4. The van der Waals surface area contributed by atoms with E-state index in [2.05, 4.69) is 10.3 Å². The van der Waals surface area contributed by atoms with Gasteiger partial charge in [-0.15, -0.1) is 0 Å². The number of benzene rings is 1. The molecule has 7 nitrogen and oxygen atoms in total. The van der Waals surface area contributed by atoms with Crippen molar-refractivity contribution >= 4 is 21.6 Å². The second kappa shape index (κ2) is 7.96. The standard InChI is InChI=1S/C21H24N4O3S/c1-16-5-4-6-20-23-18(15-25(16)20)11-12-22-21(26)17-7-9-19(10-8-17)29(27,28)24-13-2-3-14-24/h4-10,15H,2-3,11-14H2,1H3,(H,22,26). The minimum absolute atomic E-state index is 0.227. The van der Waals surface area contributed by atoms with Gasteiger partial charge in [0, 0.05) is 43.5 Å². The van der Waals surface area contributed by atoms with E-state index >= 15 is 0 Å². The molecule has 0 aliphatic carbocycles. The molecule has 2 aromatic heterocycles. The third kappa shape index (κ3) is 4.04. The number of imidazole rings is 1. The highest BCUT2D eigenvalue weighted by molar-refractivity contribution is 7.89. The highest BCUT2D eigenvalue weighted by Gasteiger charge is 2.27. The van der Waals surface area contributed by atoms with E-state index in [4.69, 9.17) is 0 Å². The fourth-order valence-electron chi connectivity index (χ4n) is 3.58. The lowest BCUT2D eigenvalue weighted by Crippen LogP contribution is -2.28. The maximum absolute atomic E-state index is 12.6. The van der Waals surface area contributed by atoms with Crippen LogP contribution in [0.1, 0.15) is 34.6 Å². The van der Waals surface area contributed by atoms with Gasteiger partial charge in [-0.25, -0.2) is 13.4 Å². The fraction of sp³-hybridized carbons (Fsp3) is 0.333. The Kier molecular flexibility index (Phi) is 5.38. The second-order valence-electron chi connectivity index (χ2n) is 7.27. The molecule has 0 unspecified atom stereocenters. The van der Waals surface area contributed by atoms with Crippen molar-refractivity contribution in [3.63, 3.8) is 0 Å². The van der Waals surface area contributed by atoms with Gasteiger partial charge in [-0.05, 0) is 56.2 Å². The molecule has 1 aliphatic heterocycles. The summed E-state index contributed by atoms with van der Waals surface area (Å²) in [6.07, 6.45) is 4.39. The second-order valence-corrected chi connectivity index (χ2v) is 9.21. The number of hydrogen-bond donors (Lipinski definition) is 1. The number of amides is 1. The molecule has 29 heavy (non-hydrogen) atoms. The molecule has 1 N–H and O–H groups in total. The number of fused-ring (bicyclic) bond motifs is 1. The van der Waals surface area contributed by atoms with Crippen molar-refractivity contribution in [1.82, 2.24) is 19.0 Å². The molecule has 1 saturated heterocycles.